The molecule has 0 aliphatic rings. The molecule has 0 fully saturated rings. The van der Waals surface area contributed by atoms with Gasteiger partial charge in [0.15, 0.2) is 11.0 Å². The number of nitrogens with zero attached hydrogens (tertiary/aromatic N) is 3. The van der Waals surface area contributed by atoms with Gasteiger partial charge < -0.3 is 5.32 Å². The van der Waals surface area contributed by atoms with Gasteiger partial charge in [-0.05, 0) is 60.7 Å². The summed E-state index contributed by atoms with van der Waals surface area (Å²) < 4.78 is 28.5. The zero-order chi connectivity index (χ0) is 22.7. The fraction of sp³-hybridized carbons (Fsp3) is 0.0455. The quantitative estimate of drug-likeness (QED) is 0.324. The number of carbonyl (C=O) groups is 1. The van der Waals surface area contributed by atoms with E-state index in [4.69, 9.17) is 23.2 Å². The highest BCUT2D eigenvalue weighted by molar-refractivity contribution is 7.99. The molecule has 162 valence electrons. The maximum atomic E-state index is 13.5. The Morgan fingerprint density at radius 3 is 2.12 bits per heavy atom. The van der Waals surface area contributed by atoms with Gasteiger partial charge in [-0.25, -0.2) is 8.78 Å². The molecule has 4 rings (SSSR count). The molecule has 0 radical (unpaired) electrons. The maximum Gasteiger partial charge on any atom is 0.234 e. The molecule has 1 N–H and O–H groups in total. The van der Waals surface area contributed by atoms with Crippen molar-refractivity contribution >= 4 is 46.6 Å². The van der Waals surface area contributed by atoms with Gasteiger partial charge in [0.1, 0.15) is 11.6 Å². The summed E-state index contributed by atoms with van der Waals surface area (Å²) in [7, 11) is 0. The predicted octanol–water partition coefficient (Wildman–Crippen LogP) is 6.25. The molecule has 1 amide bonds. The standard InChI is InChI=1S/C22H14Cl2F2N4OS/c23-17-2-1-3-18(24)20(17)27-19(31)12-32-22-29-28-21(13-4-6-14(25)7-5-13)30(22)16-10-8-15(26)9-11-16/h1-11H,12H2,(H,27,31). The largest absolute Gasteiger partial charge is 0.323 e. The summed E-state index contributed by atoms with van der Waals surface area (Å²) >= 11 is 13.3. The lowest BCUT2D eigenvalue weighted by atomic mass is 10.2. The molecule has 0 saturated heterocycles. The van der Waals surface area contributed by atoms with Crippen LogP contribution in [0.25, 0.3) is 17.1 Å². The van der Waals surface area contributed by atoms with Crippen LogP contribution < -0.4 is 5.32 Å². The minimum atomic E-state index is -0.393. The van der Waals surface area contributed by atoms with E-state index in [0.717, 1.165) is 11.8 Å². The van der Waals surface area contributed by atoms with E-state index in [2.05, 4.69) is 15.5 Å². The van der Waals surface area contributed by atoms with Crippen molar-refractivity contribution in [2.24, 2.45) is 0 Å². The second kappa shape index (κ2) is 9.68. The third kappa shape index (κ3) is 4.93. The number of hydrogen-bond donors (Lipinski definition) is 1. The van der Waals surface area contributed by atoms with Gasteiger partial charge in [-0.15, -0.1) is 10.2 Å². The molecule has 4 aromatic rings. The van der Waals surface area contributed by atoms with Crippen molar-refractivity contribution in [3.8, 4) is 17.1 Å². The summed E-state index contributed by atoms with van der Waals surface area (Å²) in [5.74, 6) is -0.707. The smallest absolute Gasteiger partial charge is 0.234 e. The lowest BCUT2D eigenvalue weighted by Crippen LogP contribution is -2.15. The molecular weight excluding hydrogens is 477 g/mol. The zero-order valence-electron chi connectivity index (χ0n) is 16.2. The number of nitrogens with one attached hydrogen (secondary N) is 1. The predicted molar refractivity (Wildman–Crippen MR) is 123 cm³/mol. The Labute approximate surface area is 196 Å². The van der Waals surface area contributed by atoms with Crippen LogP contribution >= 0.6 is 35.0 Å². The molecular formula is C22H14Cl2F2N4OS. The third-order valence-corrected chi connectivity index (χ3v) is 5.94. The van der Waals surface area contributed by atoms with Gasteiger partial charge in [-0.1, -0.05) is 41.0 Å². The van der Waals surface area contributed by atoms with Crippen molar-refractivity contribution < 1.29 is 13.6 Å². The number of hydrogen-bond acceptors (Lipinski definition) is 4. The van der Waals surface area contributed by atoms with Crippen LogP contribution in [0.2, 0.25) is 10.0 Å². The number of para-hydroxylation sites is 1. The van der Waals surface area contributed by atoms with Gasteiger partial charge in [0.25, 0.3) is 0 Å². The molecule has 0 saturated carbocycles. The first kappa shape index (κ1) is 22.3. The highest BCUT2D eigenvalue weighted by atomic mass is 35.5. The second-order valence-electron chi connectivity index (χ2n) is 6.56. The molecule has 0 spiro atoms. The highest BCUT2D eigenvalue weighted by Crippen LogP contribution is 2.31. The first-order valence-electron chi connectivity index (χ1n) is 9.26. The summed E-state index contributed by atoms with van der Waals surface area (Å²) in [5.41, 5.74) is 1.53. The van der Waals surface area contributed by atoms with Gasteiger partial charge in [-0.3, -0.25) is 9.36 Å². The Morgan fingerprint density at radius 1 is 0.906 bits per heavy atom. The molecule has 0 aliphatic heterocycles. The van der Waals surface area contributed by atoms with Crippen LogP contribution in [-0.2, 0) is 4.79 Å². The summed E-state index contributed by atoms with van der Waals surface area (Å²) in [4.78, 5) is 12.5. The monoisotopic (exact) mass is 490 g/mol. The van der Waals surface area contributed by atoms with E-state index < -0.39 is 5.82 Å². The Balaban J connectivity index is 1.61. The lowest BCUT2D eigenvalue weighted by Gasteiger charge is -2.11. The normalized spacial score (nSPS) is 10.9. The number of anilines is 1. The van der Waals surface area contributed by atoms with Crippen LogP contribution in [0.15, 0.2) is 71.9 Å². The molecule has 5 nitrogen and oxygen atoms in total. The van der Waals surface area contributed by atoms with Crippen LogP contribution in [0, 0.1) is 11.6 Å². The Morgan fingerprint density at radius 2 is 1.50 bits per heavy atom. The number of amides is 1. The molecule has 0 bridgehead atoms. The zero-order valence-corrected chi connectivity index (χ0v) is 18.6. The number of thioether (sulfide) groups is 1. The molecule has 32 heavy (non-hydrogen) atoms. The Kier molecular flexibility index (Phi) is 6.74. The van der Waals surface area contributed by atoms with Crippen molar-refractivity contribution in [1.82, 2.24) is 14.8 Å². The minimum absolute atomic E-state index is 0.00963. The van der Waals surface area contributed by atoms with E-state index in [0.29, 0.717) is 38.0 Å². The topological polar surface area (TPSA) is 59.8 Å². The van der Waals surface area contributed by atoms with Crippen molar-refractivity contribution in [3.05, 3.63) is 88.4 Å². The fourth-order valence-electron chi connectivity index (χ4n) is 2.90. The molecule has 3 aromatic carbocycles. The average molecular weight is 491 g/mol. The van der Waals surface area contributed by atoms with Crippen molar-refractivity contribution in [1.29, 1.82) is 0 Å². The van der Waals surface area contributed by atoms with E-state index in [-0.39, 0.29) is 17.5 Å². The van der Waals surface area contributed by atoms with Crippen LogP contribution in [-0.4, -0.2) is 26.4 Å². The Hall–Kier alpha value is -2.94. The SMILES string of the molecule is O=C(CSc1nnc(-c2ccc(F)cc2)n1-c1ccc(F)cc1)Nc1c(Cl)cccc1Cl. The van der Waals surface area contributed by atoms with Gasteiger partial charge in [-0.2, -0.15) is 0 Å². The van der Waals surface area contributed by atoms with E-state index in [1.807, 2.05) is 0 Å². The molecule has 0 atom stereocenters. The number of benzene rings is 3. The van der Waals surface area contributed by atoms with Crippen LogP contribution in [0.5, 0.6) is 0 Å². The Bertz CT molecular complexity index is 1240. The van der Waals surface area contributed by atoms with Crippen LogP contribution in [0.4, 0.5) is 14.5 Å². The van der Waals surface area contributed by atoms with Gasteiger partial charge in [0, 0.05) is 11.3 Å². The van der Waals surface area contributed by atoms with E-state index in [1.165, 1.54) is 24.3 Å². The van der Waals surface area contributed by atoms with E-state index in [9.17, 15) is 13.6 Å². The fourth-order valence-corrected chi connectivity index (χ4v) is 4.14. The summed E-state index contributed by atoms with van der Waals surface area (Å²) in [6.07, 6.45) is 0. The highest BCUT2D eigenvalue weighted by Gasteiger charge is 2.18. The van der Waals surface area contributed by atoms with Crippen molar-refractivity contribution in [3.63, 3.8) is 0 Å². The summed E-state index contributed by atoms with van der Waals surface area (Å²) in [6, 6.07) is 16.4. The summed E-state index contributed by atoms with van der Waals surface area (Å²) in [6.45, 7) is 0. The van der Waals surface area contributed by atoms with Gasteiger partial charge >= 0.3 is 0 Å². The molecule has 1 aromatic heterocycles. The average Bonchev–Trinajstić information content (AvgIpc) is 3.20. The van der Waals surface area contributed by atoms with Crippen LogP contribution in [0.3, 0.4) is 0 Å². The molecule has 10 heteroatoms. The van der Waals surface area contributed by atoms with E-state index >= 15 is 0 Å². The first-order chi connectivity index (χ1) is 15.4. The number of halogens is 4. The van der Waals surface area contributed by atoms with Crippen LogP contribution in [0.1, 0.15) is 0 Å². The van der Waals surface area contributed by atoms with E-state index in [1.54, 1.807) is 47.0 Å². The second-order valence-corrected chi connectivity index (χ2v) is 8.32. The number of rotatable bonds is 6. The minimum Gasteiger partial charge on any atom is -0.323 e. The summed E-state index contributed by atoms with van der Waals surface area (Å²) in [5, 5.41) is 12.1. The molecule has 0 aliphatic carbocycles. The number of aromatic nitrogens is 3. The third-order valence-electron chi connectivity index (χ3n) is 4.38. The van der Waals surface area contributed by atoms with Gasteiger partial charge in [0.2, 0.25) is 5.91 Å². The first-order valence-corrected chi connectivity index (χ1v) is 11.0. The molecule has 1 heterocycles. The lowest BCUT2D eigenvalue weighted by molar-refractivity contribution is -0.113. The van der Waals surface area contributed by atoms with Gasteiger partial charge in [0.05, 0.1) is 21.5 Å². The molecule has 0 unspecified atom stereocenters. The number of carbonyl (C=O) groups excluding carboxylic acids is 1. The maximum absolute atomic E-state index is 13.5. The van der Waals surface area contributed by atoms with Crippen molar-refractivity contribution in [2.75, 3.05) is 11.1 Å². The van der Waals surface area contributed by atoms with Crippen molar-refractivity contribution in [2.45, 2.75) is 5.16 Å².